The third-order valence-electron chi connectivity index (χ3n) is 2.89. The molecule has 3 aromatic rings. The molecule has 0 unspecified atom stereocenters. The van der Waals surface area contributed by atoms with E-state index in [9.17, 15) is 8.78 Å². The molecule has 18 heavy (non-hydrogen) atoms. The maximum absolute atomic E-state index is 13.8. The number of hydrogen-bond acceptors (Lipinski definition) is 1. The van der Waals surface area contributed by atoms with E-state index in [-0.39, 0.29) is 5.56 Å². The maximum Gasteiger partial charge on any atom is 0.166 e. The molecule has 2 aromatic carbocycles. The lowest BCUT2D eigenvalue weighted by molar-refractivity contribution is 0.511. The number of fused-ring (bicyclic) bond motifs is 1. The molecular weight excluding hydrogens is 232 g/mol. The van der Waals surface area contributed by atoms with Crippen LogP contribution in [0.15, 0.2) is 54.7 Å². The van der Waals surface area contributed by atoms with Gasteiger partial charge in [-0.15, -0.1) is 0 Å². The molecule has 1 nitrogen and oxygen atoms in total. The van der Waals surface area contributed by atoms with Crippen LogP contribution in [0.3, 0.4) is 0 Å². The summed E-state index contributed by atoms with van der Waals surface area (Å²) in [6.45, 7) is 0. The van der Waals surface area contributed by atoms with Gasteiger partial charge in [0.05, 0.1) is 5.52 Å². The van der Waals surface area contributed by atoms with Crippen LogP contribution in [0.1, 0.15) is 0 Å². The molecule has 0 bridgehead atoms. The van der Waals surface area contributed by atoms with Gasteiger partial charge in [0.2, 0.25) is 0 Å². The molecule has 0 spiro atoms. The van der Waals surface area contributed by atoms with E-state index in [1.807, 2.05) is 24.3 Å². The van der Waals surface area contributed by atoms with E-state index < -0.39 is 11.6 Å². The van der Waals surface area contributed by atoms with Crippen molar-refractivity contribution in [3.8, 4) is 11.1 Å². The average molecular weight is 241 g/mol. The van der Waals surface area contributed by atoms with Crippen molar-refractivity contribution in [3.63, 3.8) is 0 Å². The van der Waals surface area contributed by atoms with Crippen molar-refractivity contribution in [3.05, 3.63) is 66.4 Å². The van der Waals surface area contributed by atoms with Gasteiger partial charge >= 0.3 is 0 Å². The lowest BCUT2D eigenvalue weighted by atomic mass is 10.0. The average Bonchev–Trinajstić information content (AvgIpc) is 2.41. The fraction of sp³-hybridized carbons (Fsp3) is 0. The monoisotopic (exact) mass is 241 g/mol. The summed E-state index contributed by atoms with van der Waals surface area (Å²) < 4.78 is 27.1. The first-order valence-electron chi connectivity index (χ1n) is 5.55. The minimum Gasteiger partial charge on any atom is -0.256 e. The molecule has 0 N–H and O–H groups in total. The highest BCUT2D eigenvalue weighted by atomic mass is 19.2. The van der Waals surface area contributed by atoms with Crippen LogP contribution in [0.5, 0.6) is 0 Å². The molecule has 0 saturated carbocycles. The van der Waals surface area contributed by atoms with Gasteiger partial charge in [-0.2, -0.15) is 0 Å². The largest absolute Gasteiger partial charge is 0.256 e. The molecule has 0 atom stereocenters. The number of nitrogens with zero attached hydrogens (tertiary/aromatic N) is 1. The summed E-state index contributed by atoms with van der Waals surface area (Å²) in [5.41, 5.74) is 1.67. The highest BCUT2D eigenvalue weighted by Crippen LogP contribution is 2.29. The Balaban J connectivity index is 2.35. The third kappa shape index (κ3) is 1.64. The summed E-state index contributed by atoms with van der Waals surface area (Å²) in [6, 6.07) is 13.3. The first-order valence-corrected chi connectivity index (χ1v) is 5.55. The molecule has 1 heterocycles. The number of rotatable bonds is 1. The Kier molecular flexibility index (Phi) is 2.52. The van der Waals surface area contributed by atoms with Crippen LogP contribution in [0.4, 0.5) is 8.78 Å². The van der Waals surface area contributed by atoms with Gasteiger partial charge in [0.25, 0.3) is 0 Å². The van der Waals surface area contributed by atoms with Crippen LogP contribution in [0, 0.1) is 11.6 Å². The molecular formula is C15H9F2N. The molecule has 1 aromatic heterocycles. The predicted octanol–water partition coefficient (Wildman–Crippen LogP) is 4.18. The molecule has 0 fully saturated rings. The molecule has 0 aliphatic rings. The van der Waals surface area contributed by atoms with Crippen molar-refractivity contribution in [2.75, 3.05) is 0 Å². The van der Waals surface area contributed by atoms with Gasteiger partial charge in [0, 0.05) is 17.1 Å². The molecule has 0 amide bonds. The predicted molar refractivity (Wildman–Crippen MR) is 67.1 cm³/mol. The molecule has 0 saturated heterocycles. The molecule has 3 rings (SSSR count). The van der Waals surface area contributed by atoms with E-state index in [4.69, 9.17) is 0 Å². The molecule has 3 heteroatoms. The van der Waals surface area contributed by atoms with Crippen molar-refractivity contribution in [2.45, 2.75) is 0 Å². The van der Waals surface area contributed by atoms with Crippen molar-refractivity contribution in [1.82, 2.24) is 4.98 Å². The lowest BCUT2D eigenvalue weighted by Gasteiger charge is -2.07. The Morgan fingerprint density at radius 3 is 2.50 bits per heavy atom. The van der Waals surface area contributed by atoms with Crippen molar-refractivity contribution in [1.29, 1.82) is 0 Å². The molecule has 88 valence electrons. The van der Waals surface area contributed by atoms with Gasteiger partial charge in [0.15, 0.2) is 11.6 Å². The number of para-hydroxylation sites is 1. The van der Waals surface area contributed by atoms with Gasteiger partial charge in [-0.25, -0.2) is 8.78 Å². The van der Waals surface area contributed by atoms with Gasteiger partial charge in [0.1, 0.15) is 0 Å². The Hall–Kier alpha value is -2.29. The van der Waals surface area contributed by atoms with Crippen molar-refractivity contribution in [2.24, 2.45) is 0 Å². The Labute approximate surface area is 103 Å². The summed E-state index contributed by atoms with van der Waals surface area (Å²) in [4.78, 5) is 4.20. The maximum atomic E-state index is 13.8. The first kappa shape index (κ1) is 10.8. The quantitative estimate of drug-likeness (QED) is 0.622. The van der Waals surface area contributed by atoms with Crippen molar-refractivity contribution < 1.29 is 8.78 Å². The summed E-state index contributed by atoms with van der Waals surface area (Å²) in [5, 5.41) is 0.810. The fourth-order valence-electron chi connectivity index (χ4n) is 2.04. The standard InChI is InChI=1S/C15H9F2N/c16-13-6-3-5-12(15(13)17)10-8-9-18-14-7-2-1-4-11(10)14/h1-9H. The van der Waals surface area contributed by atoms with E-state index in [0.717, 1.165) is 17.0 Å². The molecule has 0 aliphatic heterocycles. The van der Waals surface area contributed by atoms with Crippen LogP contribution >= 0.6 is 0 Å². The summed E-state index contributed by atoms with van der Waals surface area (Å²) in [6.07, 6.45) is 1.60. The van der Waals surface area contributed by atoms with E-state index in [1.54, 1.807) is 18.3 Å². The molecule has 0 aliphatic carbocycles. The normalized spacial score (nSPS) is 10.8. The SMILES string of the molecule is Fc1cccc(-c2ccnc3ccccc23)c1F. The number of hydrogen-bond donors (Lipinski definition) is 0. The van der Waals surface area contributed by atoms with E-state index in [1.165, 1.54) is 6.07 Å². The van der Waals surface area contributed by atoms with E-state index in [0.29, 0.717) is 5.56 Å². The zero-order chi connectivity index (χ0) is 12.5. The summed E-state index contributed by atoms with van der Waals surface area (Å²) >= 11 is 0. The zero-order valence-corrected chi connectivity index (χ0v) is 9.40. The van der Waals surface area contributed by atoms with Crippen LogP contribution in [0.2, 0.25) is 0 Å². The Morgan fingerprint density at radius 1 is 0.778 bits per heavy atom. The number of aromatic nitrogens is 1. The van der Waals surface area contributed by atoms with E-state index >= 15 is 0 Å². The highest BCUT2D eigenvalue weighted by Gasteiger charge is 2.12. The van der Waals surface area contributed by atoms with Gasteiger partial charge in [-0.05, 0) is 23.8 Å². The minimum atomic E-state index is -0.839. The Morgan fingerprint density at radius 2 is 1.61 bits per heavy atom. The molecule has 0 radical (unpaired) electrons. The highest BCUT2D eigenvalue weighted by molar-refractivity contribution is 5.94. The Bertz CT molecular complexity index is 717. The van der Waals surface area contributed by atoms with Crippen LogP contribution in [-0.2, 0) is 0 Å². The second-order valence-corrected chi connectivity index (χ2v) is 3.98. The van der Waals surface area contributed by atoms with Gasteiger partial charge < -0.3 is 0 Å². The number of benzene rings is 2. The topological polar surface area (TPSA) is 12.9 Å². The van der Waals surface area contributed by atoms with Crippen LogP contribution < -0.4 is 0 Å². The fourth-order valence-corrected chi connectivity index (χ4v) is 2.04. The van der Waals surface area contributed by atoms with Crippen LogP contribution in [-0.4, -0.2) is 4.98 Å². The zero-order valence-electron chi connectivity index (χ0n) is 9.40. The smallest absolute Gasteiger partial charge is 0.166 e. The van der Waals surface area contributed by atoms with Gasteiger partial charge in [-0.1, -0.05) is 30.3 Å². The van der Waals surface area contributed by atoms with E-state index in [2.05, 4.69) is 4.98 Å². The number of halogens is 2. The number of pyridine rings is 1. The van der Waals surface area contributed by atoms with Crippen molar-refractivity contribution >= 4 is 10.9 Å². The third-order valence-corrected chi connectivity index (χ3v) is 2.89. The lowest BCUT2D eigenvalue weighted by Crippen LogP contribution is -1.90. The van der Waals surface area contributed by atoms with Gasteiger partial charge in [-0.3, -0.25) is 4.98 Å². The second kappa shape index (κ2) is 4.18. The minimum absolute atomic E-state index is 0.258. The first-order chi connectivity index (χ1) is 8.77. The summed E-state index contributed by atoms with van der Waals surface area (Å²) in [5.74, 6) is -1.66. The van der Waals surface area contributed by atoms with Crippen LogP contribution in [0.25, 0.3) is 22.0 Å². The second-order valence-electron chi connectivity index (χ2n) is 3.98. The summed E-state index contributed by atoms with van der Waals surface area (Å²) in [7, 11) is 0.